The summed E-state index contributed by atoms with van der Waals surface area (Å²) in [7, 11) is 1.35. The van der Waals surface area contributed by atoms with Gasteiger partial charge in [-0.05, 0) is 35.5 Å². The second-order valence-corrected chi connectivity index (χ2v) is 7.41. The molecule has 0 aliphatic carbocycles. The molecule has 4 heteroatoms. The van der Waals surface area contributed by atoms with Crippen LogP contribution in [-0.2, 0) is 16.1 Å². The number of nitrogens with one attached hydrogen (secondary N) is 1. The molecule has 0 unspecified atom stereocenters. The molecule has 0 saturated heterocycles. The summed E-state index contributed by atoms with van der Waals surface area (Å²) in [4.78, 5) is 11.5. The first kappa shape index (κ1) is 20.7. The van der Waals surface area contributed by atoms with Crippen molar-refractivity contribution in [3.05, 3.63) is 72.3 Å². The van der Waals surface area contributed by atoms with Gasteiger partial charge >= 0.3 is 6.09 Å². The molecule has 0 heterocycles. The highest BCUT2D eigenvalue weighted by molar-refractivity contribution is 5.89. The van der Waals surface area contributed by atoms with E-state index >= 15 is 0 Å². The summed E-state index contributed by atoms with van der Waals surface area (Å²) in [6, 6.07) is 17.8. The van der Waals surface area contributed by atoms with Crippen LogP contribution in [0.15, 0.2) is 61.2 Å². The van der Waals surface area contributed by atoms with E-state index in [0.29, 0.717) is 18.9 Å². The Labute approximate surface area is 162 Å². The monoisotopic (exact) mass is 367 g/mol. The Morgan fingerprint density at radius 1 is 1.07 bits per heavy atom. The van der Waals surface area contributed by atoms with E-state index in [2.05, 4.69) is 42.6 Å². The zero-order valence-electron chi connectivity index (χ0n) is 16.5. The van der Waals surface area contributed by atoms with E-state index in [1.165, 1.54) is 12.7 Å². The first-order valence-corrected chi connectivity index (χ1v) is 9.15. The lowest BCUT2D eigenvalue weighted by Crippen LogP contribution is -2.19. The number of methoxy groups -OCH3 is 1. The third-order valence-electron chi connectivity index (χ3n) is 4.44. The molecule has 0 aliphatic rings. The quantitative estimate of drug-likeness (QED) is 0.600. The fraction of sp³-hybridized carbons (Fsp3) is 0.348. The highest BCUT2D eigenvalue weighted by Crippen LogP contribution is 2.31. The Hall–Kier alpha value is -2.59. The standard InChI is InChI=1S/C23H29NO3/c1-18(20-12-8-9-13-21(20)24-22(25)26-4)14-15-23(2,3)17-27-16-19-10-6-5-7-11-19/h5-13H,1,14-17H2,2-4H3,(H,24,25). The van der Waals surface area contributed by atoms with E-state index in [1.54, 1.807) is 0 Å². The number of ether oxygens (including phenoxy) is 2. The van der Waals surface area contributed by atoms with Crippen molar-refractivity contribution in [3.63, 3.8) is 0 Å². The Balaban J connectivity index is 1.87. The van der Waals surface area contributed by atoms with E-state index in [4.69, 9.17) is 4.74 Å². The Kier molecular flexibility index (Phi) is 7.62. The molecule has 2 rings (SSSR count). The number of allylic oxidation sites excluding steroid dienone is 1. The minimum atomic E-state index is -0.482. The summed E-state index contributed by atoms with van der Waals surface area (Å²) in [5.74, 6) is 0. The Morgan fingerprint density at radius 3 is 2.44 bits per heavy atom. The highest BCUT2D eigenvalue weighted by atomic mass is 16.5. The summed E-state index contributed by atoms with van der Waals surface area (Å²) >= 11 is 0. The minimum absolute atomic E-state index is 0.0302. The summed E-state index contributed by atoms with van der Waals surface area (Å²) < 4.78 is 10.6. The van der Waals surface area contributed by atoms with Crippen LogP contribution in [0.2, 0.25) is 0 Å². The number of benzene rings is 2. The highest BCUT2D eigenvalue weighted by Gasteiger charge is 2.19. The molecule has 2 aromatic rings. The van der Waals surface area contributed by atoms with Crippen molar-refractivity contribution in [1.29, 1.82) is 0 Å². The van der Waals surface area contributed by atoms with Gasteiger partial charge in [-0.15, -0.1) is 0 Å². The number of hydrogen-bond donors (Lipinski definition) is 1. The van der Waals surface area contributed by atoms with Crippen molar-refractivity contribution in [2.75, 3.05) is 19.0 Å². The van der Waals surface area contributed by atoms with Gasteiger partial charge in [0.05, 0.1) is 26.0 Å². The van der Waals surface area contributed by atoms with Crippen molar-refractivity contribution >= 4 is 17.4 Å². The second kappa shape index (κ2) is 9.93. The number of carbonyl (C=O) groups excluding carboxylic acids is 1. The van der Waals surface area contributed by atoms with Gasteiger partial charge in [0.25, 0.3) is 0 Å². The van der Waals surface area contributed by atoms with Crippen LogP contribution >= 0.6 is 0 Å². The second-order valence-electron chi connectivity index (χ2n) is 7.41. The zero-order chi connectivity index (χ0) is 19.7. The molecule has 0 bridgehead atoms. The van der Waals surface area contributed by atoms with Crippen molar-refractivity contribution in [2.45, 2.75) is 33.3 Å². The number of anilines is 1. The minimum Gasteiger partial charge on any atom is -0.453 e. The summed E-state index contributed by atoms with van der Waals surface area (Å²) in [5.41, 5.74) is 3.85. The predicted octanol–water partition coefficient (Wildman–Crippen LogP) is 5.90. The van der Waals surface area contributed by atoms with Crippen LogP contribution in [0.1, 0.15) is 37.8 Å². The average molecular weight is 367 g/mol. The maximum Gasteiger partial charge on any atom is 0.411 e. The van der Waals surface area contributed by atoms with Gasteiger partial charge in [0, 0.05) is 5.56 Å². The molecule has 0 saturated carbocycles. The SMILES string of the molecule is C=C(CCC(C)(C)COCc1ccccc1)c1ccccc1NC(=O)OC. The van der Waals surface area contributed by atoms with E-state index in [-0.39, 0.29) is 5.41 Å². The maximum absolute atomic E-state index is 11.5. The van der Waals surface area contributed by atoms with Crippen LogP contribution < -0.4 is 5.32 Å². The van der Waals surface area contributed by atoms with E-state index in [9.17, 15) is 4.79 Å². The lowest BCUT2D eigenvalue weighted by atomic mass is 9.86. The van der Waals surface area contributed by atoms with Crippen LogP contribution in [0.3, 0.4) is 0 Å². The van der Waals surface area contributed by atoms with Crippen molar-refractivity contribution in [1.82, 2.24) is 0 Å². The number of hydrogen-bond acceptors (Lipinski definition) is 3. The molecular formula is C23H29NO3. The Bertz CT molecular complexity index is 753. The summed E-state index contributed by atoms with van der Waals surface area (Å²) in [5, 5.41) is 2.74. The molecule has 0 atom stereocenters. The Morgan fingerprint density at radius 2 is 1.74 bits per heavy atom. The van der Waals surface area contributed by atoms with Crippen LogP contribution in [-0.4, -0.2) is 19.8 Å². The van der Waals surface area contributed by atoms with Gasteiger partial charge in [0.1, 0.15) is 0 Å². The number of carbonyl (C=O) groups is 1. The smallest absolute Gasteiger partial charge is 0.411 e. The molecule has 0 spiro atoms. The van der Waals surface area contributed by atoms with Crippen LogP contribution in [0.4, 0.5) is 10.5 Å². The van der Waals surface area contributed by atoms with Crippen LogP contribution in [0.5, 0.6) is 0 Å². The molecule has 0 aliphatic heterocycles. The molecule has 4 nitrogen and oxygen atoms in total. The topological polar surface area (TPSA) is 47.6 Å². The average Bonchev–Trinajstić information content (AvgIpc) is 2.67. The molecule has 0 radical (unpaired) electrons. The summed E-state index contributed by atoms with van der Waals surface area (Å²) in [6.45, 7) is 9.91. The van der Waals surface area contributed by atoms with Gasteiger partial charge in [-0.3, -0.25) is 5.32 Å². The summed E-state index contributed by atoms with van der Waals surface area (Å²) in [6.07, 6.45) is 1.28. The van der Waals surface area contributed by atoms with Gasteiger partial charge < -0.3 is 9.47 Å². The van der Waals surface area contributed by atoms with E-state index in [0.717, 1.165) is 24.0 Å². The van der Waals surface area contributed by atoms with E-state index in [1.807, 2.05) is 42.5 Å². The normalized spacial score (nSPS) is 11.1. The van der Waals surface area contributed by atoms with Crippen molar-refractivity contribution < 1.29 is 14.3 Å². The molecule has 144 valence electrons. The number of rotatable bonds is 9. The first-order chi connectivity index (χ1) is 12.9. The molecule has 1 amide bonds. The van der Waals surface area contributed by atoms with Gasteiger partial charge in [-0.25, -0.2) is 4.79 Å². The maximum atomic E-state index is 11.5. The largest absolute Gasteiger partial charge is 0.453 e. The third kappa shape index (κ3) is 6.91. The number of para-hydroxylation sites is 1. The van der Waals surface area contributed by atoms with Crippen molar-refractivity contribution in [2.24, 2.45) is 5.41 Å². The van der Waals surface area contributed by atoms with Gasteiger partial charge in [-0.2, -0.15) is 0 Å². The molecule has 0 fully saturated rings. The molecule has 27 heavy (non-hydrogen) atoms. The third-order valence-corrected chi connectivity index (χ3v) is 4.44. The van der Waals surface area contributed by atoms with Gasteiger partial charge in [0.2, 0.25) is 0 Å². The fourth-order valence-electron chi connectivity index (χ4n) is 2.78. The first-order valence-electron chi connectivity index (χ1n) is 9.15. The zero-order valence-corrected chi connectivity index (χ0v) is 16.5. The molecule has 1 N–H and O–H groups in total. The van der Waals surface area contributed by atoms with Gasteiger partial charge in [-0.1, -0.05) is 69.0 Å². The fourth-order valence-corrected chi connectivity index (χ4v) is 2.78. The predicted molar refractivity (Wildman–Crippen MR) is 111 cm³/mol. The molecule has 2 aromatic carbocycles. The van der Waals surface area contributed by atoms with Crippen LogP contribution in [0.25, 0.3) is 5.57 Å². The number of amides is 1. The van der Waals surface area contributed by atoms with Gasteiger partial charge in [0.15, 0.2) is 0 Å². The van der Waals surface area contributed by atoms with Crippen LogP contribution in [0, 0.1) is 5.41 Å². The lowest BCUT2D eigenvalue weighted by Gasteiger charge is -2.25. The molecule has 0 aromatic heterocycles. The molecular weight excluding hydrogens is 338 g/mol. The van der Waals surface area contributed by atoms with Crippen molar-refractivity contribution in [3.8, 4) is 0 Å². The lowest BCUT2D eigenvalue weighted by molar-refractivity contribution is 0.0479. The van der Waals surface area contributed by atoms with E-state index < -0.39 is 6.09 Å².